The number of hydrogen-bond donors (Lipinski definition) is 2. The van der Waals surface area contributed by atoms with E-state index in [-0.39, 0.29) is 12.0 Å². The average molecular weight is 336 g/mol. The first-order valence-corrected chi connectivity index (χ1v) is 6.87. The highest BCUT2D eigenvalue weighted by Crippen LogP contribution is 2.38. The molecule has 2 aromatic rings. The maximum Gasteiger partial charge on any atom is 0.261 e. The van der Waals surface area contributed by atoms with Gasteiger partial charge < -0.3 is 10.4 Å². The molecular weight excluding hydrogens is 325 g/mol. The Labute approximate surface area is 123 Å². The molecule has 1 unspecified atom stereocenters. The molecule has 0 saturated heterocycles. The fourth-order valence-corrected chi connectivity index (χ4v) is 2.84. The number of halogens is 2. The van der Waals surface area contributed by atoms with E-state index in [9.17, 15) is 14.3 Å². The van der Waals surface area contributed by atoms with E-state index < -0.39 is 17.3 Å². The number of hydrogen-bond acceptors (Lipinski definition) is 2. The summed E-state index contributed by atoms with van der Waals surface area (Å²) in [6.07, 6.45) is -0.110. The van der Waals surface area contributed by atoms with Crippen LogP contribution in [-0.4, -0.2) is 11.0 Å². The lowest BCUT2D eigenvalue weighted by Gasteiger charge is -2.21. The molecule has 0 radical (unpaired) electrons. The van der Waals surface area contributed by atoms with Gasteiger partial charge in [0.25, 0.3) is 5.91 Å². The second kappa shape index (κ2) is 4.68. The lowest BCUT2D eigenvalue weighted by Crippen LogP contribution is -2.36. The Morgan fingerprint density at radius 1 is 1.25 bits per heavy atom. The van der Waals surface area contributed by atoms with Crippen molar-refractivity contribution in [3.8, 4) is 0 Å². The van der Waals surface area contributed by atoms with E-state index in [1.807, 2.05) is 0 Å². The van der Waals surface area contributed by atoms with Gasteiger partial charge in [-0.25, -0.2) is 4.39 Å². The summed E-state index contributed by atoms with van der Waals surface area (Å²) in [5, 5.41) is 13.3. The summed E-state index contributed by atoms with van der Waals surface area (Å²) in [5.74, 6) is -0.975. The molecule has 0 aliphatic carbocycles. The Hall–Kier alpha value is -1.72. The van der Waals surface area contributed by atoms with Crippen molar-refractivity contribution in [1.29, 1.82) is 0 Å². The average Bonchev–Trinajstić information content (AvgIpc) is 2.67. The lowest BCUT2D eigenvalue weighted by molar-refractivity contribution is -0.133. The molecule has 0 spiro atoms. The summed E-state index contributed by atoms with van der Waals surface area (Å²) in [6, 6.07) is 11.3. The maximum absolute atomic E-state index is 13.8. The van der Waals surface area contributed by atoms with Crippen LogP contribution in [0.2, 0.25) is 0 Å². The molecule has 0 fully saturated rings. The van der Waals surface area contributed by atoms with Crippen molar-refractivity contribution in [1.82, 2.24) is 0 Å². The minimum absolute atomic E-state index is 0.110. The Morgan fingerprint density at radius 2 is 2.00 bits per heavy atom. The standard InChI is InChI=1S/C15H11BrFNO2/c16-10-5-6-12(17)9(7-10)8-15(20)11-3-1-2-4-13(11)18-14(15)19/h1-7,20H,8H2,(H,18,19). The number of carbonyl (C=O) groups excluding carboxylic acids is 1. The highest BCUT2D eigenvalue weighted by Gasteiger charge is 2.45. The molecule has 1 heterocycles. The highest BCUT2D eigenvalue weighted by molar-refractivity contribution is 9.10. The Balaban J connectivity index is 2.05. The fourth-order valence-electron chi connectivity index (χ4n) is 2.43. The first-order chi connectivity index (χ1) is 9.50. The van der Waals surface area contributed by atoms with Gasteiger partial charge in [0, 0.05) is 22.1 Å². The van der Waals surface area contributed by atoms with Gasteiger partial charge in [-0.1, -0.05) is 34.1 Å². The van der Waals surface area contributed by atoms with Crippen molar-refractivity contribution in [2.45, 2.75) is 12.0 Å². The number of para-hydroxylation sites is 1. The molecule has 0 bridgehead atoms. The van der Waals surface area contributed by atoms with Crippen molar-refractivity contribution in [3.63, 3.8) is 0 Å². The summed E-state index contributed by atoms with van der Waals surface area (Å²) in [6.45, 7) is 0. The maximum atomic E-state index is 13.8. The zero-order valence-electron chi connectivity index (χ0n) is 10.4. The van der Waals surface area contributed by atoms with Crippen LogP contribution in [0.1, 0.15) is 11.1 Å². The van der Waals surface area contributed by atoms with Gasteiger partial charge in [-0.2, -0.15) is 0 Å². The molecule has 1 atom stereocenters. The third-order valence-electron chi connectivity index (χ3n) is 3.45. The predicted octanol–water partition coefficient (Wildman–Crippen LogP) is 2.97. The largest absolute Gasteiger partial charge is 0.375 e. The number of carbonyl (C=O) groups is 1. The van der Waals surface area contributed by atoms with Gasteiger partial charge in [-0.3, -0.25) is 4.79 Å². The summed E-state index contributed by atoms with van der Waals surface area (Å²) in [7, 11) is 0. The van der Waals surface area contributed by atoms with Crippen LogP contribution < -0.4 is 5.32 Å². The first-order valence-electron chi connectivity index (χ1n) is 6.08. The van der Waals surface area contributed by atoms with Crippen molar-refractivity contribution in [3.05, 3.63) is 63.9 Å². The number of rotatable bonds is 2. The smallest absolute Gasteiger partial charge is 0.261 e. The Kier molecular flexibility index (Phi) is 3.11. The molecule has 20 heavy (non-hydrogen) atoms. The summed E-state index contributed by atoms with van der Waals surface area (Å²) >= 11 is 3.26. The molecule has 2 aromatic carbocycles. The van der Waals surface area contributed by atoms with Crippen molar-refractivity contribution >= 4 is 27.5 Å². The van der Waals surface area contributed by atoms with Crippen LogP contribution in [0, 0.1) is 5.82 Å². The second-order valence-electron chi connectivity index (χ2n) is 4.77. The predicted molar refractivity (Wildman–Crippen MR) is 76.8 cm³/mol. The van der Waals surface area contributed by atoms with Crippen molar-refractivity contribution in [2.24, 2.45) is 0 Å². The van der Waals surface area contributed by atoms with Gasteiger partial charge >= 0.3 is 0 Å². The fraction of sp³-hybridized carbons (Fsp3) is 0.133. The zero-order chi connectivity index (χ0) is 14.3. The lowest BCUT2D eigenvalue weighted by atomic mass is 9.88. The SMILES string of the molecule is O=C1Nc2ccccc2C1(O)Cc1cc(Br)ccc1F. The Morgan fingerprint density at radius 3 is 2.80 bits per heavy atom. The number of anilines is 1. The zero-order valence-corrected chi connectivity index (χ0v) is 11.9. The van der Waals surface area contributed by atoms with Gasteiger partial charge in [0.1, 0.15) is 5.82 Å². The van der Waals surface area contributed by atoms with Crippen LogP contribution in [-0.2, 0) is 16.8 Å². The van der Waals surface area contributed by atoms with Crippen LogP contribution in [0.15, 0.2) is 46.9 Å². The molecule has 1 amide bonds. The number of aliphatic hydroxyl groups is 1. The minimum atomic E-state index is -1.74. The molecule has 0 saturated carbocycles. The normalized spacial score (nSPS) is 20.6. The topological polar surface area (TPSA) is 49.3 Å². The van der Waals surface area contributed by atoms with Gasteiger partial charge in [-0.15, -0.1) is 0 Å². The van der Waals surface area contributed by atoms with Gasteiger partial charge in [0.2, 0.25) is 0 Å². The number of amides is 1. The molecule has 1 aliphatic rings. The monoisotopic (exact) mass is 335 g/mol. The number of benzene rings is 2. The summed E-state index contributed by atoms with van der Waals surface area (Å²) in [4.78, 5) is 12.1. The second-order valence-corrected chi connectivity index (χ2v) is 5.69. The van der Waals surface area contributed by atoms with E-state index in [0.717, 1.165) is 0 Å². The summed E-state index contributed by atoms with van der Waals surface area (Å²) < 4.78 is 14.5. The van der Waals surface area contributed by atoms with Gasteiger partial charge in [0.05, 0.1) is 0 Å². The molecule has 1 aliphatic heterocycles. The van der Waals surface area contributed by atoms with E-state index in [4.69, 9.17) is 0 Å². The third-order valence-corrected chi connectivity index (χ3v) is 3.94. The van der Waals surface area contributed by atoms with E-state index in [2.05, 4.69) is 21.2 Å². The van der Waals surface area contributed by atoms with Crippen LogP contribution >= 0.6 is 15.9 Å². The van der Waals surface area contributed by atoms with Gasteiger partial charge in [-0.05, 0) is 29.8 Å². The van der Waals surface area contributed by atoms with Crippen LogP contribution in [0.3, 0.4) is 0 Å². The van der Waals surface area contributed by atoms with E-state index in [0.29, 0.717) is 15.7 Å². The molecule has 0 aromatic heterocycles. The highest BCUT2D eigenvalue weighted by atomic mass is 79.9. The van der Waals surface area contributed by atoms with Crippen LogP contribution in [0.25, 0.3) is 0 Å². The van der Waals surface area contributed by atoms with E-state index in [1.165, 1.54) is 6.07 Å². The molecule has 102 valence electrons. The van der Waals surface area contributed by atoms with Crippen molar-refractivity contribution in [2.75, 3.05) is 5.32 Å². The molecule has 5 heteroatoms. The van der Waals surface area contributed by atoms with Crippen LogP contribution in [0.5, 0.6) is 0 Å². The third kappa shape index (κ3) is 2.03. The summed E-state index contributed by atoms with van der Waals surface area (Å²) in [5.41, 5.74) is -0.411. The quantitative estimate of drug-likeness (QED) is 0.886. The minimum Gasteiger partial charge on any atom is -0.375 e. The van der Waals surface area contributed by atoms with Gasteiger partial charge in [0.15, 0.2) is 5.60 Å². The first kappa shape index (κ1) is 13.3. The Bertz CT molecular complexity index is 704. The number of fused-ring (bicyclic) bond motifs is 1. The number of nitrogens with one attached hydrogen (secondary N) is 1. The van der Waals surface area contributed by atoms with E-state index in [1.54, 1.807) is 36.4 Å². The molecular formula is C15H11BrFNO2. The van der Waals surface area contributed by atoms with E-state index >= 15 is 0 Å². The van der Waals surface area contributed by atoms with Crippen LogP contribution in [0.4, 0.5) is 10.1 Å². The molecule has 3 nitrogen and oxygen atoms in total. The van der Waals surface area contributed by atoms with Crippen molar-refractivity contribution < 1.29 is 14.3 Å². The molecule has 2 N–H and O–H groups in total. The molecule has 3 rings (SSSR count).